The van der Waals surface area contributed by atoms with E-state index in [0.29, 0.717) is 0 Å². The van der Waals surface area contributed by atoms with Crippen LogP contribution in [0.5, 0.6) is 0 Å². The number of hydrogen-bond acceptors (Lipinski definition) is 3. The zero-order chi connectivity index (χ0) is 8.20. The molecule has 0 aliphatic carbocycles. The summed E-state index contributed by atoms with van der Waals surface area (Å²) in [4.78, 5) is 9.51. The molecule has 3 nitrogen and oxygen atoms in total. The molecule has 0 rings (SSSR count). The summed E-state index contributed by atoms with van der Waals surface area (Å²) in [5.41, 5.74) is -0.311. The lowest BCUT2D eigenvalue weighted by Gasteiger charge is -2.16. The lowest BCUT2D eigenvalue weighted by Crippen LogP contribution is -2.20. The van der Waals surface area contributed by atoms with Gasteiger partial charge in [0.15, 0.2) is 0 Å². The van der Waals surface area contributed by atoms with Crippen molar-refractivity contribution in [2.24, 2.45) is 0 Å². The first-order valence-electron chi connectivity index (χ1n) is 3.43. The first-order valence-corrected chi connectivity index (χ1v) is 3.43. The predicted molar refractivity (Wildman–Crippen MR) is 38.1 cm³/mol. The third-order valence-electron chi connectivity index (χ3n) is 0.516. The predicted octanol–water partition coefficient (Wildman–Crippen LogP) is 2.07. The van der Waals surface area contributed by atoms with Crippen LogP contribution in [0.1, 0.15) is 34.6 Å². The minimum Gasteiger partial charge on any atom is -0.203 e. The van der Waals surface area contributed by atoms with Crippen molar-refractivity contribution < 1.29 is 14.8 Å². The molecule has 0 fully saturated rings. The van der Waals surface area contributed by atoms with Crippen molar-refractivity contribution in [2.75, 3.05) is 0 Å². The van der Waals surface area contributed by atoms with Crippen molar-refractivity contribution in [1.82, 2.24) is 0 Å². The van der Waals surface area contributed by atoms with Gasteiger partial charge in [0.25, 0.3) is 0 Å². The van der Waals surface area contributed by atoms with Crippen LogP contribution in [0.3, 0.4) is 0 Å². The lowest BCUT2D eigenvalue weighted by molar-refractivity contribution is -0.547. The van der Waals surface area contributed by atoms with Gasteiger partial charge in [-0.25, -0.2) is 9.78 Å². The summed E-state index contributed by atoms with van der Waals surface area (Å²) in [5.74, 6) is 0. The Hall–Kier alpha value is -0.120. The highest BCUT2D eigenvalue weighted by Gasteiger charge is 2.12. The van der Waals surface area contributed by atoms with Crippen LogP contribution in [0.4, 0.5) is 0 Å². The number of rotatable bonds is 3. The van der Waals surface area contributed by atoms with Crippen molar-refractivity contribution in [1.29, 1.82) is 0 Å². The van der Waals surface area contributed by atoms with Crippen molar-refractivity contribution in [3.05, 3.63) is 0 Å². The smallest absolute Gasteiger partial charge is 0.0983 e. The zero-order valence-electron chi connectivity index (χ0n) is 7.30. The van der Waals surface area contributed by atoms with Gasteiger partial charge in [-0.1, -0.05) is 5.04 Å². The molecule has 0 aromatic rings. The fourth-order valence-corrected chi connectivity index (χ4v) is 0.200. The summed E-state index contributed by atoms with van der Waals surface area (Å²) < 4.78 is 0. The van der Waals surface area contributed by atoms with E-state index in [1.165, 1.54) is 0 Å². The molecule has 3 heteroatoms. The van der Waals surface area contributed by atoms with E-state index < -0.39 is 0 Å². The summed E-state index contributed by atoms with van der Waals surface area (Å²) in [5, 5.41) is 4.46. The molecule has 62 valence electrons. The van der Waals surface area contributed by atoms with E-state index in [0.717, 1.165) is 0 Å². The van der Waals surface area contributed by atoms with E-state index in [2.05, 4.69) is 5.04 Å². The van der Waals surface area contributed by atoms with E-state index in [1.807, 2.05) is 34.6 Å². The topological polar surface area (TPSA) is 27.7 Å². The van der Waals surface area contributed by atoms with Gasteiger partial charge in [-0.3, -0.25) is 0 Å². The second-order valence-corrected chi connectivity index (χ2v) is 3.41. The van der Waals surface area contributed by atoms with E-state index in [1.54, 1.807) is 0 Å². The average molecular weight is 148 g/mol. The molecule has 0 radical (unpaired) electrons. The third kappa shape index (κ3) is 7.88. The molecule has 0 aromatic carbocycles. The van der Waals surface area contributed by atoms with Crippen LogP contribution < -0.4 is 0 Å². The van der Waals surface area contributed by atoms with E-state index >= 15 is 0 Å². The Morgan fingerprint density at radius 3 is 1.90 bits per heavy atom. The molecule has 0 bridgehead atoms. The van der Waals surface area contributed by atoms with Gasteiger partial charge in [-0.15, -0.1) is 0 Å². The molecule has 0 aliphatic heterocycles. The summed E-state index contributed by atoms with van der Waals surface area (Å²) in [6.45, 7) is 9.39. The number of hydrogen-bond donors (Lipinski definition) is 0. The maximum Gasteiger partial charge on any atom is 0.0983 e. The Bertz CT molecular complexity index is 83.3. The molecule has 0 N–H and O–H groups in total. The summed E-state index contributed by atoms with van der Waals surface area (Å²) in [6, 6.07) is 0. The molecule has 0 aliphatic rings. The molecule has 0 aromatic heterocycles. The first kappa shape index (κ1) is 9.88. The van der Waals surface area contributed by atoms with E-state index in [4.69, 9.17) is 9.78 Å². The standard InChI is InChI=1S/C7H16O3/c1-6(2)8-10-9-7(3,4)5/h6H,1-5H3. The van der Waals surface area contributed by atoms with Crippen molar-refractivity contribution in [3.8, 4) is 0 Å². The Morgan fingerprint density at radius 2 is 1.60 bits per heavy atom. The van der Waals surface area contributed by atoms with E-state index in [-0.39, 0.29) is 11.7 Å². The van der Waals surface area contributed by atoms with Crippen molar-refractivity contribution in [2.45, 2.75) is 46.3 Å². The Morgan fingerprint density at radius 1 is 1.10 bits per heavy atom. The van der Waals surface area contributed by atoms with E-state index in [9.17, 15) is 0 Å². The van der Waals surface area contributed by atoms with Gasteiger partial charge >= 0.3 is 0 Å². The molecule has 0 saturated carbocycles. The molecular weight excluding hydrogens is 132 g/mol. The molecule has 0 unspecified atom stereocenters. The molecule has 10 heavy (non-hydrogen) atoms. The summed E-state index contributed by atoms with van der Waals surface area (Å²) in [6.07, 6.45) is 0.0300. The Balaban J connectivity index is 3.21. The minimum absolute atomic E-state index is 0.0300. The molecule has 0 heterocycles. The highest BCUT2D eigenvalue weighted by molar-refractivity contribution is 4.53. The Labute approximate surface area is 62.1 Å². The van der Waals surface area contributed by atoms with Crippen molar-refractivity contribution >= 4 is 0 Å². The molecule has 0 saturated heterocycles. The normalized spacial score (nSPS) is 12.6. The van der Waals surface area contributed by atoms with Gasteiger partial charge in [-0.2, -0.15) is 0 Å². The molecule has 0 amide bonds. The quantitative estimate of drug-likeness (QED) is 0.453. The van der Waals surface area contributed by atoms with Gasteiger partial charge < -0.3 is 0 Å². The summed E-state index contributed by atoms with van der Waals surface area (Å²) in [7, 11) is 0. The minimum atomic E-state index is -0.311. The Kier molecular flexibility index (Phi) is 3.86. The van der Waals surface area contributed by atoms with Gasteiger partial charge in [-0.05, 0) is 34.6 Å². The largest absolute Gasteiger partial charge is 0.203 e. The first-order chi connectivity index (χ1) is 4.42. The maximum absolute atomic E-state index is 4.82. The molecule has 0 atom stereocenters. The van der Waals surface area contributed by atoms with Crippen LogP contribution in [-0.4, -0.2) is 11.7 Å². The fraction of sp³-hybridized carbons (Fsp3) is 1.00. The van der Waals surface area contributed by atoms with Crippen LogP contribution in [0.25, 0.3) is 0 Å². The second kappa shape index (κ2) is 3.91. The van der Waals surface area contributed by atoms with Crippen LogP contribution in [0, 0.1) is 0 Å². The van der Waals surface area contributed by atoms with Gasteiger partial charge in [0.1, 0.15) is 0 Å². The van der Waals surface area contributed by atoms with Crippen LogP contribution in [-0.2, 0) is 14.8 Å². The average Bonchev–Trinajstić information content (AvgIpc) is 1.59. The second-order valence-electron chi connectivity index (χ2n) is 3.41. The lowest BCUT2D eigenvalue weighted by atomic mass is 10.2. The highest BCUT2D eigenvalue weighted by atomic mass is 17.5. The van der Waals surface area contributed by atoms with Crippen LogP contribution >= 0.6 is 0 Å². The maximum atomic E-state index is 4.82. The van der Waals surface area contributed by atoms with Gasteiger partial charge in [0.05, 0.1) is 11.7 Å². The third-order valence-corrected chi connectivity index (χ3v) is 0.516. The summed E-state index contributed by atoms with van der Waals surface area (Å²) >= 11 is 0. The van der Waals surface area contributed by atoms with Gasteiger partial charge in [0, 0.05) is 0 Å². The fourth-order valence-electron chi connectivity index (χ4n) is 0.200. The molecule has 0 spiro atoms. The monoisotopic (exact) mass is 148 g/mol. The van der Waals surface area contributed by atoms with Crippen LogP contribution in [0.2, 0.25) is 0 Å². The SMILES string of the molecule is CC(C)OOOC(C)(C)C. The van der Waals surface area contributed by atoms with Crippen LogP contribution in [0.15, 0.2) is 0 Å². The zero-order valence-corrected chi connectivity index (χ0v) is 7.30. The molecular formula is C7H16O3. The van der Waals surface area contributed by atoms with Gasteiger partial charge in [0.2, 0.25) is 0 Å². The highest BCUT2D eigenvalue weighted by Crippen LogP contribution is 2.07. The van der Waals surface area contributed by atoms with Crippen molar-refractivity contribution in [3.63, 3.8) is 0 Å².